The Morgan fingerprint density at radius 3 is 1.75 bits per heavy atom. The Kier molecular flexibility index (Phi) is 20.6. The molecule has 0 heterocycles. The molecule has 0 radical (unpaired) electrons. The van der Waals surface area contributed by atoms with Gasteiger partial charge in [0.2, 0.25) is 0 Å². The third-order valence-electron chi connectivity index (χ3n) is 0. The van der Waals surface area contributed by atoms with Gasteiger partial charge in [0.1, 0.15) is 0 Å². The molecule has 0 aliphatic rings. The Bertz CT molecular complexity index is 13.5. The second-order valence-electron chi connectivity index (χ2n) is 0.105. The predicted molar refractivity (Wildman–Crippen MR) is 12.6 cm³/mol. The van der Waals surface area contributed by atoms with Crippen molar-refractivity contribution in [1.29, 1.82) is 0 Å². The van der Waals surface area contributed by atoms with Gasteiger partial charge in [0.05, 0.1) is 0 Å². The molecule has 0 fully saturated rings. The Hall–Kier alpha value is 0.709. The maximum atomic E-state index is 8.57. The van der Waals surface area contributed by atoms with E-state index in [9.17, 15) is 0 Å². The van der Waals surface area contributed by atoms with Crippen molar-refractivity contribution in [3.8, 4) is 0 Å². The van der Waals surface area contributed by atoms with Crippen molar-refractivity contribution in [1.82, 2.24) is 0 Å². The molecule has 1 unspecified atom stereocenters. The molecule has 0 spiro atoms. The van der Waals surface area contributed by atoms with E-state index in [4.69, 9.17) is 9.46 Å². The van der Waals surface area contributed by atoms with Crippen LogP contribution in [0.5, 0.6) is 0 Å². The van der Waals surface area contributed by atoms with Crippen LogP contribution in [0.1, 0.15) is 0 Å². The van der Waals surface area contributed by atoms with Gasteiger partial charge in [-0.05, 0) is 0 Å². The molecular weight excluding hydrogens is 119 g/mol. The molecule has 1 atom stereocenters. The Labute approximate surface area is 36.0 Å². The van der Waals surface area contributed by atoms with Crippen LogP contribution in [0.3, 0.4) is 0 Å². The topological polar surface area (TPSA) is 37.3 Å². The van der Waals surface area contributed by atoms with Crippen molar-refractivity contribution < 1.29 is 26.5 Å². The van der Waals surface area contributed by atoms with Crippen LogP contribution >= 0.6 is 8.69 Å². The third-order valence-corrected chi connectivity index (χ3v) is 0. The van der Waals surface area contributed by atoms with E-state index in [2.05, 4.69) is 0 Å². The van der Waals surface area contributed by atoms with E-state index >= 15 is 0 Å². The molecule has 0 saturated carbocycles. The van der Waals surface area contributed by atoms with Crippen LogP contribution in [-0.4, -0.2) is 4.89 Å². The predicted octanol–water partition coefficient (Wildman–Crippen LogP) is -0.353. The quantitative estimate of drug-likeness (QED) is 0.352. The summed E-state index contributed by atoms with van der Waals surface area (Å²) in [6, 6.07) is 0. The molecular formula is H3FeO2P. The monoisotopic (exact) mass is 122 g/mol. The molecule has 0 aliphatic heterocycles. The van der Waals surface area contributed by atoms with E-state index in [1.807, 2.05) is 0 Å². The van der Waals surface area contributed by atoms with Gasteiger partial charge in [-0.1, -0.05) is 0 Å². The normalized spacial score (nSPS) is 7.25. The molecule has 4 heavy (non-hydrogen) atoms. The molecule has 1 N–H and O–H groups in total. The minimum absolute atomic E-state index is 0. The van der Waals surface area contributed by atoms with Crippen molar-refractivity contribution in [2.75, 3.05) is 0 Å². The van der Waals surface area contributed by atoms with E-state index in [1.165, 1.54) is 0 Å². The minimum atomic E-state index is -1.50. The maximum absolute atomic E-state index is 8.57. The Morgan fingerprint density at radius 1 is 1.75 bits per heavy atom. The first kappa shape index (κ1) is 8.83. The van der Waals surface area contributed by atoms with E-state index in [1.54, 1.807) is 0 Å². The van der Waals surface area contributed by atoms with Gasteiger partial charge < -0.3 is 4.89 Å². The summed E-state index contributed by atoms with van der Waals surface area (Å²) >= 11 is 0. The third kappa shape index (κ3) is 15.7. The molecule has 0 rings (SSSR count). The smallest absolute Gasteiger partial charge is 0.177 e. The van der Waals surface area contributed by atoms with Gasteiger partial charge in [-0.2, -0.15) is 0 Å². The zero-order valence-corrected chi connectivity index (χ0v) is 4.05. The standard InChI is InChI=1S/Fe.H3O2P/c;1-3-2/h;3H2,(H,1,2). The number of rotatable bonds is 0. The summed E-state index contributed by atoms with van der Waals surface area (Å²) in [5.74, 6) is 0. The van der Waals surface area contributed by atoms with E-state index < -0.39 is 8.69 Å². The maximum Gasteiger partial charge on any atom is 0.177 e. The fraction of sp³-hybridized carbons (Fsp3) is 0. The summed E-state index contributed by atoms with van der Waals surface area (Å²) in [6.45, 7) is 0. The zero-order valence-electron chi connectivity index (χ0n) is 1.79. The largest absolute Gasteiger partial charge is 0.348 e. The summed E-state index contributed by atoms with van der Waals surface area (Å²) in [5, 5.41) is 0. The molecule has 4 heteroatoms. The van der Waals surface area contributed by atoms with Gasteiger partial charge in [0.15, 0.2) is 8.69 Å². The molecule has 0 saturated heterocycles. The first-order chi connectivity index (χ1) is 1.41. The van der Waals surface area contributed by atoms with Crippen molar-refractivity contribution in [2.24, 2.45) is 0 Å². The van der Waals surface area contributed by atoms with Crippen LogP contribution < -0.4 is 0 Å². The fourth-order valence-electron chi connectivity index (χ4n) is 0. The molecule has 0 amide bonds. The number of hydrogen-bond donors (Lipinski definition) is 1. The zero-order chi connectivity index (χ0) is 2.71. The Morgan fingerprint density at radius 2 is 1.75 bits per heavy atom. The molecule has 0 aromatic heterocycles. The molecule has 0 aromatic carbocycles. The average Bonchev–Trinajstić information content (AvgIpc) is 0.918. The van der Waals surface area contributed by atoms with E-state index in [0.29, 0.717) is 0 Å². The molecule has 0 aliphatic carbocycles. The molecule has 2 nitrogen and oxygen atoms in total. The van der Waals surface area contributed by atoms with Crippen LogP contribution in [0.4, 0.5) is 0 Å². The van der Waals surface area contributed by atoms with Crippen molar-refractivity contribution in [3.63, 3.8) is 0 Å². The summed E-state index contributed by atoms with van der Waals surface area (Å²) in [6.07, 6.45) is 0. The second kappa shape index (κ2) is 9.32. The van der Waals surface area contributed by atoms with E-state index in [-0.39, 0.29) is 17.1 Å². The van der Waals surface area contributed by atoms with Gasteiger partial charge in [-0.3, -0.25) is 4.57 Å². The fourth-order valence-corrected chi connectivity index (χ4v) is 0. The van der Waals surface area contributed by atoms with Crippen molar-refractivity contribution in [3.05, 3.63) is 0 Å². The first-order valence-corrected chi connectivity index (χ1v) is 1.48. The van der Waals surface area contributed by atoms with Crippen LogP contribution in [0.15, 0.2) is 0 Å². The van der Waals surface area contributed by atoms with E-state index in [0.717, 1.165) is 0 Å². The molecule has 0 bridgehead atoms. The summed E-state index contributed by atoms with van der Waals surface area (Å²) in [4.78, 5) is 7.10. The average molecular weight is 122 g/mol. The number of hydrogen-bond acceptors (Lipinski definition) is 1. The minimum Gasteiger partial charge on any atom is -0.348 e. The van der Waals surface area contributed by atoms with Gasteiger partial charge >= 0.3 is 0 Å². The van der Waals surface area contributed by atoms with Crippen molar-refractivity contribution >= 4 is 8.69 Å². The Balaban J connectivity index is 0. The molecule has 28 valence electrons. The van der Waals surface area contributed by atoms with Crippen LogP contribution in [0.2, 0.25) is 0 Å². The summed E-state index contributed by atoms with van der Waals surface area (Å²) in [7, 11) is -1.50. The van der Waals surface area contributed by atoms with Gasteiger partial charge in [-0.15, -0.1) is 0 Å². The summed E-state index contributed by atoms with van der Waals surface area (Å²) < 4.78 is 8.57. The first-order valence-electron chi connectivity index (χ1n) is 0.494. The van der Waals surface area contributed by atoms with Crippen molar-refractivity contribution in [2.45, 2.75) is 0 Å². The van der Waals surface area contributed by atoms with Gasteiger partial charge in [-0.25, -0.2) is 0 Å². The molecule has 0 aromatic rings. The van der Waals surface area contributed by atoms with Crippen LogP contribution in [-0.2, 0) is 21.6 Å². The summed E-state index contributed by atoms with van der Waals surface area (Å²) in [5.41, 5.74) is 0. The SMILES string of the molecule is O=[PH2]O.[Fe]. The van der Waals surface area contributed by atoms with Gasteiger partial charge in [0.25, 0.3) is 0 Å². The van der Waals surface area contributed by atoms with Gasteiger partial charge in [0, 0.05) is 17.1 Å². The van der Waals surface area contributed by atoms with Crippen LogP contribution in [0, 0.1) is 0 Å². The van der Waals surface area contributed by atoms with Crippen LogP contribution in [0.25, 0.3) is 0 Å². The second-order valence-corrected chi connectivity index (χ2v) is 0.316.